The van der Waals surface area contributed by atoms with Crippen LogP contribution in [0.2, 0.25) is 5.02 Å². The third-order valence-corrected chi connectivity index (χ3v) is 7.03. The molecule has 7 nitrogen and oxygen atoms in total. The molecule has 0 spiro atoms. The molecule has 1 amide bonds. The molecule has 3 aromatic carbocycles. The first-order chi connectivity index (χ1) is 19.3. The highest BCUT2D eigenvalue weighted by atomic mass is 35.5. The fourth-order valence-corrected chi connectivity index (χ4v) is 5.06. The summed E-state index contributed by atoms with van der Waals surface area (Å²) < 4.78 is 23.6. The van der Waals surface area contributed by atoms with Crippen molar-refractivity contribution in [3.05, 3.63) is 92.8 Å². The highest BCUT2D eigenvalue weighted by molar-refractivity contribution is 6.31. The molecule has 1 aliphatic heterocycles. The number of hydrogen-bond acceptors (Lipinski definition) is 6. The van der Waals surface area contributed by atoms with Crippen LogP contribution in [0.15, 0.2) is 69.9 Å². The molecule has 8 heteroatoms. The van der Waals surface area contributed by atoms with Crippen LogP contribution >= 0.6 is 11.6 Å². The first-order valence-corrected chi connectivity index (χ1v) is 13.9. The van der Waals surface area contributed by atoms with Crippen molar-refractivity contribution < 1.29 is 23.4 Å². The Morgan fingerprint density at radius 2 is 1.65 bits per heavy atom. The lowest BCUT2D eigenvalue weighted by Crippen LogP contribution is -2.29. The van der Waals surface area contributed by atoms with E-state index in [9.17, 15) is 9.59 Å². The number of carbonyl (C=O) groups is 1. The molecular formula is C32H32ClNO6. The predicted octanol–water partition coefficient (Wildman–Crippen LogP) is 7.42. The zero-order valence-electron chi connectivity index (χ0n) is 23.0. The Morgan fingerprint density at radius 1 is 0.900 bits per heavy atom. The number of amides is 1. The molecule has 0 aliphatic carbocycles. The fraction of sp³-hybridized carbons (Fsp3) is 0.312. The third kappa shape index (κ3) is 5.26. The zero-order chi connectivity index (χ0) is 28.4. The lowest BCUT2D eigenvalue weighted by molar-refractivity contribution is 0.0971. The van der Waals surface area contributed by atoms with Gasteiger partial charge in [0.25, 0.3) is 5.91 Å². The van der Waals surface area contributed by atoms with Crippen LogP contribution in [-0.4, -0.2) is 25.7 Å². The molecule has 4 aromatic rings. The molecule has 40 heavy (non-hydrogen) atoms. The van der Waals surface area contributed by atoms with E-state index in [-0.39, 0.29) is 16.8 Å². The largest absolute Gasteiger partial charge is 0.494 e. The number of rotatable bonds is 10. The van der Waals surface area contributed by atoms with Gasteiger partial charge in [-0.1, -0.05) is 31.5 Å². The number of anilines is 1. The van der Waals surface area contributed by atoms with Gasteiger partial charge in [-0.25, -0.2) is 0 Å². The number of halogens is 1. The lowest BCUT2D eigenvalue weighted by Gasteiger charge is -2.26. The summed E-state index contributed by atoms with van der Waals surface area (Å²) in [7, 11) is 0. The Hall–Kier alpha value is -3.97. The van der Waals surface area contributed by atoms with Crippen molar-refractivity contribution in [3.8, 4) is 17.2 Å². The summed E-state index contributed by atoms with van der Waals surface area (Å²) in [5.41, 5.74) is 1.54. The van der Waals surface area contributed by atoms with Gasteiger partial charge in [-0.2, -0.15) is 0 Å². The number of hydrogen-bond donors (Lipinski definition) is 0. The minimum atomic E-state index is -0.760. The quantitative estimate of drug-likeness (QED) is 0.200. The number of fused-ring (bicyclic) bond motifs is 2. The molecule has 1 atom stereocenters. The van der Waals surface area contributed by atoms with E-state index in [0.717, 1.165) is 6.42 Å². The molecule has 0 saturated heterocycles. The Kier molecular flexibility index (Phi) is 8.03. The van der Waals surface area contributed by atoms with E-state index in [1.807, 2.05) is 32.0 Å². The summed E-state index contributed by atoms with van der Waals surface area (Å²) in [5, 5.41) is 0.724. The van der Waals surface area contributed by atoms with Crippen molar-refractivity contribution in [1.29, 1.82) is 0 Å². The van der Waals surface area contributed by atoms with Gasteiger partial charge in [0.2, 0.25) is 5.76 Å². The average Bonchev–Trinajstić information content (AvgIpc) is 3.23. The molecule has 0 saturated carbocycles. The molecule has 5 rings (SSSR count). The number of benzene rings is 3. The fourth-order valence-electron chi connectivity index (χ4n) is 4.88. The lowest BCUT2D eigenvalue weighted by atomic mass is 9.97. The van der Waals surface area contributed by atoms with Crippen LogP contribution < -0.4 is 24.5 Å². The summed E-state index contributed by atoms with van der Waals surface area (Å²) in [6.07, 6.45) is 0.903. The highest BCUT2D eigenvalue weighted by Crippen LogP contribution is 2.43. The van der Waals surface area contributed by atoms with Gasteiger partial charge in [0.15, 0.2) is 16.9 Å². The van der Waals surface area contributed by atoms with Crippen molar-refractivity contribution in [1.82, 2.24) is 0 Å². The van der Waals surface area contributed by atoms with E-state index in [4.69, 9.17) is 30.2 Å². The van der Waals surface area contributed by atoms with Crippen LogP contribution in [0.3, 0.4) is 0 Å². The molecule has 0 fully saturated rings. The molecule has 208 valence electrons. The molecule has 0 N–H and O–H groups in total. The maximum Gasteiger partial charge on any atom is 0.295 e. The normalized spacial score (nSPS) is 14.6. The van der Waals surface area contributed by atoms with Gasteiger partial charge in [0, 0.05) is 10.7 Å². The van der Waals surface area contributed by atoms with E-state index in [1.54, 1.807) is 47.4 Å². The Balaban J connectivity index is 1.67. The Labute approximate surface area is 238 Å². The molecule has 0 radical (unpaired) electrons. The second-order valence-electron chi connectivity index (χ2n) is 9.99. The van der Waals surface area contributed by atoms with Crippen LogP contribution in [0, 0.1) is 5.92 Å². The van der Waals surface area contributed by atoms with Crippen molar-refractivity contribution in [3.63, 3.8) is 0 Å². The van der Waals surface area contributed by atoms with E-state index in [2.05, 4.69) is 13.8 Å². The van der Waals surface area contributed by atoms with E-state index < -0.39 is 11.9 Å². The molecule has 2 heterocycles. The summed E-state index contributed by atoms with van der Waals surface area (Å²) in [6, 6.07) is 16.8. The Morgan fingerprint density at radius 3 is 2.35 bits per heavy atom. The molecular weight excluding hydrogens is 530 g/mol. The van der Waals surface area contributed by atoms with Gasteiger partial charge in [-0.05, 0) is 86.3 Å². The van der Waals surface area contributed by atoms with Crippen LogP contribution in [0.1, 0.15) is 61.8 Å². The van der Waals surface area contributed by atoms with Gasteiger partial charge in [-0.3, -0.25) is 14.5 Å². The SMILES string of the molecule is CCOc1ccc(N2C(=O)c3oc4ccc(Cl)cc4c(=O)c3C2c2ccc(OCCC(C)C)c(OCC)c2)cc1. The number of carbonyl (C=O) groups excluding carboxylic acids is 1. The molecule has 1 unspecified atom stereocenters. The van der Waals surface area contributed by atoms with Crippen LogP contribution in [0.4, 0.5) is 5.69 Å². The minimum absolute atomic E-state index is 0.00827. The minimum Gasteiger partial charge on any atom is -0.494 e. The smallest absolute Gasteiger partial charge is 0.295 e. The summed E-state index contributed by atoms with van der Waals surface area (Å²) in [6.45, 7) is 9.59. The van der Waals surface area contributed by atoms with E-state index in [1.165, 1.54) is 0 Å². The van der Waals surface area contributed by atoms with Crippen LogP contribution in [0.25, 0.3) is 11.0 Å². The topological polar surface area (TPSA) is 78.2 Å². The monoisotopic (exact) mass is 561 g/mol. The van der Waals surface area contributed by atoms with Crippen molar-refractivity contribution in [2.24, 2.45) is 5.92 Å². The zero-order valence-corrected chi connectivity index (χ0v) is 23.8. The van der Waals surface area contributed by atoms with Crippen LogP contribution in [0.5, 0.6) is 17.2 Å². The first-order valence-electron chi connectivity index (χ1n) is 13.5. The maximum atomic E-state index is 13.9. The first kappa shape index (κ1) is 27.6. The van der Waals surface area contributed by atoms with Gasteiger partial charge in [0.1, 0.15) is 11.3 Å². The highest BCUT2D eigenvalue weighted by Gasteiger charge is 2.44. The Bertz CT molecular complexity index is 1590. The molecule has 1 aromatic heterocycles. The van der Waals surface area contributed by atoms with Crippen molar-refractivity contribution >= 4 is 34.2 Å². The maximum absolute atomic E-state index is 13.9. The van der Waals surface area contributed by atoms with Gasteiger partial charge < -0.3 is 18.6 Å². The summed E-state index contributed by atoms with van der Waals surface area (Å²) in [4.78, 5) is 29.4. The predicted molar refractivity (Wildman–Crippen MR) is 156 cm³/mol. The third-order valence-electron chi connectivity index (χ3n) is 6.79. The van der Waals surface area contributed by atoms with E-state index >= 15 is 0 Å². The second-order valence-corrected chi connectivity index (χ2v) is 10.4. The second kappa shape index (κ2) is 11.6. The van der Waals surface area contributed by atoms with Crippen molar-refractivity contribution in [2.45, 2.75) is 40.2 Å². The molecule has 1 aliphatic rings. The number of ether oxygens (including phenoxy) is 3. The van der Waals surface area contributed by atoms with Gasteiger partial charge >= 0.3 is 0 Å². The van der Waals surface area contributed by atoms with Gasteiger partial charge in [-0.15, -0.1) is 0 Å². The van der Waals surface area contributed by atoms with Crippen LogP contribution in [-0.2, 0) is 0 Å². The summed E-state index contributed by atoms with van der Waals surface area (Å²) in [5.74, 6) is 1.94. The summed E-state index contributed by atoms with van der Waals surface area (Å²) >= 11 is 6.22. The molecule has 0 bridgehead atoms. The van der Waals surface area contributed by atoms with Gasteiger partial charge in [0.05, 0.1) is 36.8 Å². The average molecular weight is 562 g/mol. The van der Waals surface area contributed by atoms with E-state index in [0.29, 0.717) is 70.2 Å². The standard InChI is InChI=1S/C32H32ClNO6/c1-5-37-23-11-9-22(10-12-23)34-29(20-7-13-26(27(17-20)38-6-2)39-16-15-19(3)4)28-30(35)24-18-21(33)8-14-25(24)40-31(28)32(34)36/h7-14,17-19,29H,5-6,15-16H2,1-4H3. The number of nitrogens with zero attached hydrogens (tertiary/aromatic N) is 1. The van der Waals surface area contributed by atoms with Crippen molar-refractivity contribution in [2.75, 3.05) is 24.7 Å².